The van der Waals surface area contributed by atoms with Crippen LogP contribution in [0.3, 0.4) is 0 Å². The van der Waals surface area contributed by atoms with Crippen LogP contribution in [0.25, 0.3) is 0 Å². The predicted octanol–water partition coefficient (Wildman–Crippen LogP) is 0.685. The predicted molar refractivity (Wildman–Crippen MR) is 73.7 cm³/mol. The van der Waals surface area contributed by atoms with Gasteiger partial charge < -0.3 is 16.2 Å². The third-order valence-corrected chi connectivity index (χ3v) is 4.49. The van der Waals surface area contributed by atoms with Gasteiger partial charge in [-0.05, 0) is 37.3 Å². The van der Waals surface area contributed by atoms with E-state index in [2.05, 4.69) is 5.32 Å². The fraction of sp³-hybridized carbons (Fsp3) is 0.462. The molecule has 0 saturated carbocycles. The fourth-order valence-electron chi connectivity index (χ4n) is 2.21. The molecule has 108 valence electrons. The highest BCUT2D eigenvalue weighted by atomic mass is 32.1. The number of aryl methyl sites for hydroxylation is 2. The van der Waals surface area contributed by atoms with Crippen molar-refractivity contribution in [2.24, 2.45) is 5.73 Å². The topological polar surface area (TPSA) is 109 Å². The van der Waals surface area contributed by atoms with Crippen molar-refractivity contribution < 1.29 is 19.5 Å². The number of amides is 2. The van der Waals surface area contributed by atoms with E-state index in [4.69, 9.17) is 10.8 Å². The van der Waals surface area contributed by atoms with Gasteiger partial charge in [-0.3, -0.25) is 9.59 Å². The number of thiophene rings is 1. The summed E-state index contributed by atoms with van der Waals surface area (Å²) in [4.78, 5) is 35.5. The molecule has 1 aliphatic carbocycles. The second-order valence-corrected chi connectivity index (χ2v) is 5.92. The molecule has 0 aromatic carbocycles. The van der Waals surface area contributed by atoms with E-state index in [1.54, 1.807) is 0 Å². The van der Waals surface area contributed by atoms with Gasteiger partial charge in [-0.1, -0.05) is 0 Å². The number of hydrogen-bond acceptors (Lipinski definition) is 4. The minimum Gasteiger partial charge on any atom is -0.480 e. The number of nitrogens with one attached hydrogen (secondary N) is 1. The number of carboxylic acid groups (broad SMARTS) is 1. The Labute approximate surface area is 120 Å². The maximum atomic E-state index is 12.0. The van der Waals surface area contributed by atoms with Crippen molar-refractivity contribution >= 4 is 29.1 Å². The number of carboxylic acids is 1. The highest BCUT2D eigenvalue weighted by Crippen LogP contribution is 2.30. The van der Waals surface area contributed by atoms with Gasteiger partial charge in [0.15, 0.2) is 0 Å². The van der Waals surface area contributed by atoms with Gasteiger partial charge in [0, 0.05) is 11.3 Å². The van der Waals surface area contributed by atoms with Crippen molar-refractivity contribution in [2.75, 3.05) is 0 Å². The Hall–Kier alpha value is -1.89. The Balaban J connectivity index is 2.00. The van der Waals surface area contributed by atoms with Crippen LogP contribution in [0.4, 0.5) is 0 Å². The summed E-state index contributed by atoms with van der Waals surface area (Å²) >= 11 is 1.41. The number of aliphatic carboxylic acids is 1. The molecule has 0 bridgehead atoms. The smallest absolute Gasteiger partial charge is 0.326 e. The van der Waals surface area contributed by atoms with E-state index in [0.29, 0.717) is 4.88 Å². The standard InChI is InChI=1S/C13H16N2O4S/c14-11(16)5-4-8(13(18)19)15-12(17)10-6-7-2-1-3-9(7)20-10/h6,8H,1-5H2,(H2,14,16)(H,15,17)(H,18,19)/t8-/m0/s1. The normalized spacial score (nSPS) is 14.6. The molecule has 6 nitrogen and oxygen atoms in total. The zero-order valence-corrected chi connectivity index (χ0v) is 11.7. The van der Waals surface area contributed by atoms with Crippen molar-refractivity contribution in [3.63, 3.8) is 0 Å². The Bertz CT molecular complexity index is 531. The van der Waals surface area contributed by atoms with E-state index < -0.39 is 23.8 Å². The second kappa shape index (κ2) is 6.04. The third-order valence-electron chi connectivity index (χ3n) is 3.25. The van der Waals surface area contributed by atoms with Crippen molar-refractivity contribution in [2.45, 2.75) is 38.1 Å². The highest BCUT2D eigenvalue weighted by Gasteiger charge is 2.24. The van der Waals surface area contributed by atoms with Crippen LogP contribution in [0, 0.1) is 0 Å². The molecule has 20 heavy (non-hydrogen) atoms. The fourth-order valence-corrected chi connectivity index (χ4v) is 3.37. The number of primary amides is 1. The van der Waals surface area contributed by atoms with Gasteiger partial charge in [0.1, 0.15) is 6.04 Å². The van der Waals surface area contributed by atoms with Crippen LogP contribution in [0.1, 0.15) is 39.4 Å². The first-order valence-electron chi connectivity index (χ1n) is 6.41. The number of hydrogen-bond donors (Lipinski definition) is 3. The Morgan fingerprint density at radius 2 is 2.15 bits per heavy atom. The van der Waals surface area contributed by atoms with Crippen molar-refractivity contribution in [1.82, 2.24) is 5.32 Å². The molecule has 1 aromatic rings. The van der Waals surface area contributed by atoms with Crippen LogP contribution in [0.5, 0.6) is 0 Å². The molecule has 2 rings (SSSR count). The number of nitrogens with two attached hydrogens (primary N) is 1. The summed E-state index contributed by atoms with van der Waals surface area (Å²) < 4.78 is 0. The van der Waals surface area contributed by atoms with E-state index in [0.717, 1.165) is 19.3 Å². The molecule has 0 spiro atoms. The average molecular weight is 296 g/mol. The van der Waals surface area contributed by atoms with Gasteiger partial charge in [-0.2, -0.15) is 0 Å². The molecule has 1 aliphatic rings. The zero-order chi connectivity index (χ0) is 14.7. The van der Waals surface area contributed by atoms with E-state index in [-0.39, 0.29) is 12.8 Å². The summed E-state index contributed by atoms with van der Waals surface area (Å²) in [5.74, 6) is -2.15. The average Bonchev–Trinajstić information content (AvgIpc) is 2.93. The van der Waals surface area contributed by atoms with E-state index in [1.165, 1.54) is 21.8 Å². The van der Waals surface area contributed by atoms with Crippen LogP contribution < -0.4 is 11.1 Å². The lowest BCUT2D eigenvalue weighted by Crippen LogP contribution is -2.41. The van der Waals surface area contributed by atoms with Crippen molar-refractivity contribution in [3.05, 3.63) is 21.4 Å². The molecular formula is C13H16N2O4S. The summed E-state index contributed by atoms with van der Waals surface area (Å²) in [5, 5.41) is 11.5. The van der Waals surface area contributed by atoms with Gasteiger partial charge in [-0.15, -0.1) is 11.3 Å². The van der Waals surface area contributed by atoms with Crippen LogP contribution in [-0.2, 0) is 22.4 Å². The van der Waals surface area contributed by atoms with Gasteiger partial charge >= 0.3 is 5.97 Å². The summed E-state index contributed by atoms with van der Waals surface area (Å²) in [6.07, 6.45) is 3.00. The largest absolute Gasteiger partial charge is 0.480 e. The lowest BCUT2D eigenvalue weighted by Gasteiger charge is -2.12. The minimum atomic E-state index is -1.16. The Morgan fingerprint density at radius 3 is 2.75 bits per heavy atom. The third kappa shape index (κ3) is 3.36. The first-order valence-corrected chi connectivity index (χ1v) is 7.22. The van der Waals surface area contributed by atoms with Crippen LogP contribution in [0.2, 0.25) is 0 Å². The molecule has 0 aliphatic heterocycles. The number of fused-ring (bicyclic) bond motifs is 1. The van der Waals surface area contributed by atoms with Crippen LogP contribution in [-0.4, -0.2) is 28.9 Å². The highest BCUT2D eigenvalue weighted by molar-refractivity contribution is 7.14. The maximum Gasteiger partial charge on any atom is 0.326 e. The van der Waals surface area contributed by atoms with Gasteiger partial charge in [0.25, 0.3) is 5.91 Å². The van der Waals surface area contributed by atoms with Crippen molar-refractivity contribution in [3.8, 4) is 0 Å². The van der Waals surface area contributed by atoms with Crippen LogP contribution >= 0.6 is 11.3 Å². The number of carbonyl (C=O) groups is 3. The molecule has 0 radical (unpaired) electrons. The molecule has 2 amide bonds. The monoisotopic (exact) mass is 296 g/mol. The summed E-state index contributed by atoms with van der Waals surface area (Å²) in [6, 6.07) is 0.738. The number of rotatable bonds is 6. The molecule has 1 atom stereocenters. The summed E-state index contributed by atoms with van der Waals surface area (Å²) in [7, 11) is 0. The quantitative estimate of drug-likeness (QED) is 0.717. The van der Waals surface area contributed by atoms with Gasteiger partial charge in [-0.25, -0.2) is 4.79 Å². The Morgan fingerprint density at radius 1 is 1.40 bits per heavy atom. The first-order chi connectivity index (χ1) is 9.47. The molecule has 1 aromatic heterocycles. The molecule has 0 saturated heterocycles. The van der Waals surface area contributed by atoms with Gasteiger partial charge in [0.2, 0.25) is 5.91 Å². The van der Waals surface area contributed by atoms with E-state index >= 15 is 0 Å². The van der Waals surface area contributed by atoms with Crippen LogP contribution in [0.15, 0.2) is 6.07 Å². The van der Waals surface area contributed by atoms with E-state index in [1.807, 2.05) is 6.07 Å². The molecule has 4 N–H and O–H groups in total. The second-order valence-electron chi connectivity index (χ2n) is 4.78. The van der Waals surface area contributed by atoms with Crippen molar-refractivity contribution in [1.29, 1.82) is 0 Å². The Kier molecular flexibility index (Phi) is 4.39. The lowest BCUT2D eigenvalue weighted by atomic mass is 10.1. The summed E-state index contributed by atoms with van der Waals surface area (Å²) in [5.41, 5.74) is 6.17. The molecule has 0 unspecified atom stereocenters. The molecule has 0 fully saturated rings. The minimum absolute atomic E-state index is 0.00148. The zero-order valence-electron chi connectivity index (χ0n) is 10.8. The SMILES string of the molecule is NC(=O)CC[C@H](NC(=O)c1cc2c(s1)CCC2)C(=O)O. The number of carbonyl (C=O) groups excluding carboxylic acids is 2. The summed E-state index contributed by atoms with van der Waals surface area (Å²) in [6.45, 7) is 0. The molecule has 7 heteroatoms. The lowest BCUT2D eigenvalue weighted by molar-refractivity contribution is -0.139. The van der Waals surface area contributed by atoms with E-state index in [9.17, 15) is 14.4 Å². The molecule has 1 heterocycles. The van der Waals surface area contributed by atoms with Gasteiger partial charge in [0.05, 0.1) is 4.88 Å². The first kappa shape index (κ1) is 14.5. The molecular weight excluding hydrogens is 280 g/mol. The maximum absolute atomic E-state index is 12.0.